The molecule has 0 radical (unpaired) electrons. The first-order valence-electron chi connectivity index (χ1n) is 7.32. The van der Waals surface area contributed by atoms with Gasteiger partial charge in [0, 0.05) is 5.56 Å². The zero-order valence-corrected chi connectivity index (χ0v) is 13.4. The lowest BCUT2D eigenvalue weighted by Gasteiger charge is -2.09. The molecule has 2 rings (SSSR count). The quantitative estimate of drug-likeness (QED) is 0.831. The molecule has 0 bridgehead atoms. The molecule has 0 spiro atoms. The van der Waals surface area contributed by atoms with E-state index in [4.69, 9.17) is 9.15 Å². The van der Waals surface area contributed by atoms with Crippen LogP contribution in [0.3, 0.4) is 0 Å². The van der Waals surface area contributed by atoms with E-state index < -0.39 is 11.8 Å². The molecule has 1 heterocycles. The fraction of sp³-hybridized carbons (Fsp3) is 0.294. The normalized spacial score (nSPS) is 10.6. The van der Waals surface area contributed by atoms with Crippen LogP contribution < -0.4 is 10.9 Å². The SMILES string of the molecule is Cc1occc1C(=O)NNC(=O)c1ccc(COC(C)C)cc1. The van der Waals surface area contributed by atoms with Gasteiger partial charge in [0.1, 0.15) is 5.76 Å². The van der Waals surface area contributed by atoms with Crippen molar-refractivity contribution in [3.63, 3.8) is 0 Å². The molecule has 6 heteroatoms. The molecule has 0 aliphatic carbocycles. The number of hydrazine groups is 1. The molecule has 0 aliphatic heterocycles. The topological polar surface area (TPSA) is 80.6 Å². The first kappa shape index (κ1) is 16.8. The summed E-state index contributed by atoms with van der Waals surface area (Å²) in [6.07, 6.45) is 1.57. The molecule has 0 saturated heterocycles. The van der Waals surface area contributed by atoms with E-state index in [1.807, 2.05) is 26.0 Å². The number of ether oxygens (including phenoxy) is 1. The Balaban J connectivity index is 1.88. The summed E-state index contributed by atoms with van der Waals surface area (Å²) in [6.45, 7) is 6.10. The summed E-state index contributed by atoms with van der Waals surface area (Å²) in [6, 6.07) is 8.55. The number of carbonyl (C=O) groups is 2. The molecule has 122 valence electrons. The Hall–Kier alpha value is -2.60. The number of rotatable bonds is 5. The highest BCUT2D eigenvalue weighted by molar-refractivity contribution is 5.99. The Morgan fingerprint density at radius 2 is 1.74 bits per heavy atom. The number of hydrogen-bond acceptors (Lipinski definition) is 4. The Morgan fingerprint density at radius 3 is 2.30 bits per heavy atom. The van der Waals surface area contributed by atoms with E-state index in [2.05, 4.69) is 10.9 Å². The van der Waals surface area contributed by atoms with Gasteiger partial charge in [0.25, 0.3) is 11.8 Å². The van der Waals surface area contributed by atoms with E-state index in [0.29, 0.717) is 23.5 Å². The largest absolute Gasteiger partial charge is 0.469 e. The summed E-state index contributed by atoms with van der Waals surface area (Å²) in [5.74, 6) is -0.325. The summed E-state index contributed by atoms with van der Waals surface area (Å²) in [5.41, 5.74) is 6.54. The highest BCUT2D eigenvalue weighted by Crippen LogP contribution is 2.09. The van der Waals surface area contributed by atoms with Crippen molar-refractivity contribution < 1.29 is 18.7 Å². The van der Waals surface area contributed by atoms with Gasteiger partial charge in [-0.15, -0.1) is 0 Å². The lowest BCUT2D eigenvalue weighted by molar-refractivity contribution is 0.0656. The van der Waals surface area contributed by atoms with Gasteiger partial charge in [-0.25, -0.2) is 0 Å². The number of benzene rings is 1. The zero-order chi connectivity index (χ0) is 16.8. The van der Waals surface area contributed by atoms with E-state index in [0.717, 1.165) is 5.56 Å². The van der Waals surface area contributed by atoms with E-state index >= 15 is 0 Å². The first-order valence-corrected chi connectivity index (χ1v) is 7.32. The average Bonchev–Trinajstić information content (AvgIpc) is 2.97. The number of amides is 2. The number of carbonyl (C=O) groups excluding carboxylic acids is 2. The van der Waals surface area contributed by atoms with Gasteiger partial charge in [-0.1, -0.05) is 12.1 Å². The fourth-order valence-electron chi connectivity index (χ4n) is 1.89. The zero-order valence-electron chi connectivity index (χ0n) is 13.4. The minimum atomic E-state index is -0.424. The van der Waals surface area contributed by atoms with Crippen LogP contribution in [-0.2, 0) is 11.3 Å². The van der Waals surface area contributed by atoms with Crippen molar-refractivity contribution in [1.29, 1.82) is 0 Å². The monoisotopic (exact) mass is 316 g/mol. The molecule has 23 heavy (non-hydrogen) atoms. The summed E-state index contributed by atoms with van der Waals surface area (Å²) in [4.78, 5) is 23.9. The van der Waals surface area contributed by atoms with Crippen molar-refractivity contribution in [3.05, 3.63) is 59.0 Å². The van der Waals surface area contributed by atoms with E-state index in [-0.39, 0.29) is 6.10 Å². The molecular weight excluding hydrogens is 296 g/mol. The number of furan rings is 1. The van der Waals surface area contributed by atoms with E-state index in [9.17, 15) is 9.59 Å². The fourth-order valence-corrected chi connectivity index (χ4v) is 1.89. The van der Waals surface area contributed by atoms with Crippen molar-refractivity contribution in [3.8, 4) is 0 Å². The predicted molar refractivity (Wildman–Crippen MR) is 84.7 cm³/mol. The van der Waals surface area contributed by atoms with Crippen LogP contribution in [0, 0.1) is 6.92 Å². The highest BCUT2D eigenvalue weighted by atomic mass is 16.5. The maximum absolute atomic E-state index is 12.0. The van der Waals surface area contributed by atoms with Gasteiger partial charge < -0.3 is 9.15 Å². The number of hydrogen-bond donors (Lipinski definition) is 2. The van der Waals surface area contributed by atoms with Gasteiger partial charge in [-0.3, -0.25) is 20.4 Å². The summed E-state index contributed by atoms with van der Waals surface area (Å²) in [7, 11) is 0. The van der Waals surface area contributed by atoms with Crippen LogP contribution >= 0.6 is 0 Å². The van der Waals surface area contributed by atoms with Crippen LogP contribution in [0.25, 0.3) is 0 Å². The van der Waals surface area contributed by atoms with Crippen molar-refractivity contribution in [1.82, 2.24) is 10.9 Å². The first-order chi connectivity index (χ1) is 11.0. The lowest BCUT2D eigenvalue weighted by atomic mass is 10.1. The van der Waals surface area contributed by atoms with Crippen LogP contribution in [0.5, 0.6) is 0 Å². The summed E-state index contributed by atoms with van der Waals surface area (Å²) < 4.78 is 10.5. The minimum Gasteiger partial charge on any atom is -0.469 e. The second-order valence-electron chi connectivity index (χ2n) is 5.36. The van der Waals surface area contributed by atoms with Crippen LogP contribution in [0.15, 0.2) is 41.0 Å². The predicted octanol–water partition coefficient (Wildman–Crippen LogP) is 2.59. The number of aryl methyl sites for hydroxylation is 1. The third kappa shape index (κ3) is 4.69. The Bertz CT molecular complexity index is 674. The van der Waals surface area contributed by atoms with Crippen LogP contribution in [-0.4, -0.2) is 17.9 Å². The van der Waals surface area contributed by atoms with Gasteiger partial charge in [-0.2, -0.15) is 0 Å². The smallest absolute Gasteiger partial charge is 0.273 e. The molecule has 0 aliphatic rings. The second kappa shape index (κ2) is 7.60. The second-order valence-corrected chi connectivity index (χ2v) is 5.36. The van der Waals surface area contributed by atoms with Crippen molar-refractivity contribution in [2.24, 2.45) is 0 Å². The Labute approximate surface area is 134 Å². The molecule has 1 aromatic heterocycles. The standard InChI is InChI=1S/C17H20N2O4/c1-11(2)23-10-13-4-6-14(7-5-13)16(20)18-19-17(21)15-8-9-22-12(15)3/h4-9,11H,10H2,1-3H3,(H,18,20)(H,19,21). The van der Waals surface area contributed by atoms with Crippen LogP contribution in [0.4, 0.5) is 0 Å². The molecule has 2 N–H and O–H groups in total. The molecular formula is C17H20N2O4. The molecule has 0 saturated carbocycles. The molecule has 0 fully saturated rings. The Kier molecular flexibility index (Phi) is 5.54. The molecule has 2 amide bonds. The average molecular weight is 316 g/mol. The maximum atomic E-state index is 12.0. The van der Waals surface area contributed by atoms with Gasteiger partial charge in [0.2, 0.25) is 0 Å². The third-order valence-electron chi connectivity index (χ3n) is 3.19. The van der Waals surface area contributed by atoms with Crippen LogP contribution in [0.2, 0.25) is 0 Å². The van der Waals surface area contributed by atoms with E-state index in [1.54, 1.807) is 25.1 Å². The highest BCUT2D eigenvalue weighted by Gasteiger charge is 2.12. The van der Waals surface area contributed by atoms with E-state index in [1.165, 1.54) is 6.26 Å². The van der Waals surface area contributed by atoms with Gasteiger partial charge in [-0.05, 0) is 44.5 Å². The van der Waals surface area contributed by atoms with Gasteiger partial charge in [0.15, 0.2) is 0 Å². The summed E-state index contributed by atoms with van der Waals surface area (Å²) in [5, 5.41) is 0. The van der Waals surface area contributed by atoms with Crippen LogP contribution in [0.1, 0.15) is 45.9 Å². The van der Waals surface area contributed by atoms with Gasteiger partial charge in [0.05, 0.1) is 24.5 Å². The Morgan fingerprint density at radius 1 is 1.09 bits per heavy atom. The third-order valence-corrected chi connectivity index (χ3v) is 3.19. The maximum Gasteiger partial charge on any atom is 0.273 e. The van der Waals surface area contributed by atoms with Crippen molar-refractivity contribution in [2.45, 2.75) is 33.5 Å². The lowest BCUT2D eigenvalue weighted by Crippen LogP contribution is -2.41. The van der Waals surface area contributed by atoms with Crippen molar-refractivity contribution in [2.75, 3.05) is 0 Å². The molecule has 2 aromatic rings. The molecule has 6 nitrogen and oxygen atoms in total. The number of nitrogens with one attached hydrogen (secondary N) is 2. The summed E-state index contributed by atoms with van der Waals surface area (Å²) >= 11 is 0. The minimum absolute atomic E-state index is 0.152. The molecule has 0 unspecified atom stereocenters. The molecule has 0 atom stereocenters. The van der Waals surface area contributed by atoms with Gasteiger partial charge >= 0.3 is 0 Å². The van der Waals surface area contributed by atoms with Crippen molar-refractivity contribution >= 4 is 11.8 Å². The molecule has 1 aromatic carbocycles.